The minimum Gasteiger partial charge on any atom is -0.446 e. The molecule has 7 nitrogen and oxygen atoms in total. The van der Waals surface area contributed by atoms with Crippen LogP contribution in [0.15, 0.2) is 0 Å². The molecule has 0 fully saturated rings. The van der Waals surface area contributed by atoms with Crippen LogP contribution in [0.1, 0.15) is 20.8 Å². The molecule has 0 rings (SSSR count). The van der Waals surface area contributed by atoms with Gasteiger partial charge in [0.2, 0.25) is 0 Å². The number of amides is 1. The molecular formula is C7H16N2O5S. The summed E-state index contributed by atoms with van der Waals surface area (Å²) in [5.74, 6) is 0. The summed E-state index contributed by atoms with van der Waals surface area (Å²) >= 11 is 0. The van der Waals surface area contributed by atoms with Gasteiger partial charge in [-0.15, -0.1) is 0 Å². The molecule has 0 aromatic heterocycles. The van der Waals surface area contributed by atoms with Gasteiger partial charge in [0.25, 0.3) is 0 Å². The molecule has 0 aromatic rings. The molecule has 0 radical (unpaired) electrons. The molecule has 0 spiro atoms. The van der Waals surface area contributed by atoms with Crippen LogP contribution in [-0.4, -0.2) is 38.4 Å². The van der Waals surface area contributed by atoms with E-state index in [4.69, 9.17) is 5.11 Å². The monoisotopic (exact) mass is 240 g/mol. The lowest BCUT2D eigenvalue weighted by atomic mass is 10.4. The van der Waals surface area contributed by atoms with E-state index in [-0.39, 0.29) is 6.61 Å². The van der Waals surface area contributed by atoms with Crippen molar-refractivity contribution in [3.63, 3.8) is 0 Å². The van der Waals surface area contributed by atoms with Gasteiger partial charge in [-0.2, -0.15) is 13.1 Å². The van der Waals surface area contributed by atoms with E-state index in [1.807, 2.05) is 4.72 Å². The maximum Gasteiger partial charge on any atom is 0.422 e. The highest BCUT2D eigenvalue weighted by molar-refractivity contribution is 7.88. The molecule has 0 bridgehead atoms. The Bertz CT molecular complexity index is 301. The first-order valence-corrected chi connectivity index (χ1v) is 5.86. The van der Waals surface area contributed by atoms with Crippen LogP contribution >= 0.6 is 0 Å². The predicted octanol–water partition coefficient (Wildman–Crippen LogP) is -0.664. The number of aliphatic hydroxyl groups is 1. The summed E-state index contributed by atoms with van der Waals surface area (Å²) in [6.07, 6.45) is -1.46. The maximum absolute atomic E-state index is 11.2. The molecule has 1 amide bonds. The summed E-state index contributed by atoms with van der Waals surface area (Å²) in [7, 11) is -3.97. The zero-order chi connectivity index (χ0) is 12.1. The second kappa shape index (κ2) is 5.89. The van der Waals surface area contributed by atoms with Crippen LogP contribution in [0.3, 0.4) is 0 Å². The Morgan fingerprint density at radius 1 is 1.40 bits per heavy atom. The SMILES string of the molecule is CC(CO)NS(=O)(=O)NC(=O)OC(C)C. The number of carbonyl (C=O) groups excluding carboxylic acids is 1. The van der Waals surface area contributed by atoms with Crippen molar-refractivity contribution in [3.8, 4) is 0 Å². The molecule has 3 N–H and O–H groups in total. The maximum atomic E-state index is 11.2. The average molecular weight is 240 g/mol. The van der Waals surface area contributed by atoms with Crippen LogP contribution in [-0.2, 0) is 14.9 Å². The largest absolute Gasteiger partial charge is 0.446 e. The third-order valence-corrected chi connectivity index (χ3v) is 2.34. The van der Waals surface area contributed by atoms with Gasteiger partial charge in [-0.1, -0.05) is 0 Å². The molecule has 0 heterocycles. The van der Waals surface area contributed by atoms with Gasteiger partial charge in [-0.25, -0.2) is 9.52 Å². The molecular weight excluding hydrogens is 224 g/mol. The lowest BCUT2D eigenvalue weighted by Crippen LogP contribution is -2.45. The Morgan fingerprint density at radius 3 is 2.33 bits per heavy atom. The van der Waals surface area contributed by atoms with Gasteiger partial charge in [0.15, 0.2) is 0 Å². The number of hydrogen-bond donors (Lipinski definition) is 3. The van der Waals surface area contributed by atoms with Crippen molar-refractivity contribution in [1.29, 1.82) is 0 Å². The highest BCUT2D eigenvalue weighted by Gasteiger charge is 2.18. The van der Waals surface area contributed by atoms with Crippen molar-refractivity contribution in [2.24, 2.45) is 0 Å². The summed E-state index contributed by atoms with van der Waals surface area (Å²) < 4.78 is 30.5. The fourth-order valence-corrected chi connectivity index (χ4v) is 1.61. The Morgan fingerprint density at radius 2 is 1.93 bits per heavy atom. The first kappa shape index (κ1) is 14.1. The van der Waals surface area contributed by atoms with Gasteiger partial charge >= 0.3 is 16.3 Å². The molecule has 0 aliphatic heterocycles. The number of rotatable bonds is 5. The molecule has 8 heteroatoms. The first-order chi connectivity index (χ1) is 6.76. The van der Waals surface area contributed by atoms with Crippen molar-refractivity contribution in [3.05, 3.63) is 0 Å². The number of hydrogen-bond acceptors (Lipinski definition) is 5. The van der Waals surface area contributed by atoms with Crippen LogP contribution in [0.5, 0.6) is 0 Å². The van der Waals surface area contributed by atoms with E-state index in [1.54, 1.807) is 18.6 Å². The Hall–Kier alpha value is -0.860. The topological polar surface area (TPSA) is 105 Å². The fourth-order valence-electron chi connectivity index (χ4n) is 0.679. The second-order valence-electron chi connectivity index (χ2n) is 3.26. The molecule has 90 valence electrons. The highest BCUT2D eigenvalue weighted by atomic mass is 32.2. The molecule has 0 aromatic carbocycles. The zero-order valence-corrected chi connectivity index (χ0v) is 9.67. The quantitative estimate of drug-likeness (QED) is 0.591. The van der Waals surface area contributed by atoms with Crippen LogP contribution in [0.4, 0.5) is 4.79 Å². The summed E-state index contributed by atoms with van der Waals surface area (Å²) in [5, 5.41) is 8.61. The lowest BCUT2D eigenvalue weighted by molar-refractivity contribution is 0.121. The predicted molar refractivity (Wildman–Crippen MR) is 53.4 cm³/mol. The molecule has 15 heavy (non-hydrogen) atoms. The fraction of sp³-hybridized carbons (Fsp3) is 0.857. The van der Waals surface area contributed by atoms with Crippen molar-refractivity contribution >= 4 is 16.3 Å². The van der Waals surface area contributed by atoms with E-state index < -0.39 is 28.4 Å². The third kappa shape index (κ3) is 7.11. The lowest BCUT2D eigenvalue weighted by Gasteiger charge is -2.13. The van der Waals surface area contributed by atoms with Crippen molar-refractivity contribution in [2.75, 3.05) is 6.61 Å². The van der Waals surface area contributed by atoms with Crippen LogP contribution in [0.2, 0.25) is 0 Å². The minimum atomic E-state index is -3.97. The Balaban J connectivity index is 4.20. The van der Waals surface area contributed by atoms with E-state index in [9.17, 15) is 13.2 Å². The summed E-state index contributed by atoms with van der Waals surface area (Å²) in [6.45, 7) is 4.28. The highest BCUT2D eigenvalue weighted by Crippen LogP contribution is 1.91. The minimum absolute atomic E-state index is 0.361. The normalized spacial score (nSPS) is 13.7. The van der Waals surface area contributed by atoms with Gasteiger partial charge < -0.3 is 9.84 Å². The molecule has 0 saturated heterocycles. The smallest absolute Gasteiger partial charge is 0.422 e. The van der Waals surface area contributed by atoms with Crippen LogP contribution < -0.4 is 9.44 Å². The van der Waals surface area contributed by atoms with Gasteiger partial charge in [-0.3, -0.25) is 0 Å². The average Bonchev–Trinajstić information content (AvgIpc) is 1.99. The Kier molecular flexibility index (Phi) is 5.55. The number of nitrogens with one attached hydrogen (secondary N) is 2. The molecule has 0 aliphatic carbocycles. The van der Waals surface area contributed by atoms with Crippen LogP contribution in [0, 0.1) is 0 Å². The van der Waals surface area contributed by atoms with Crippen molar-refractivity contribution < 1.29 is 23.1 Å². The van der Waals surface area contributed by atoms with E-state index in [1.165, 1.54) is 6.92 Å². The molecule has 1 unspecified atom stereocenters. The van der Waals surface area contributed by atoms with Gasteiger partial charge in [0.05, 0.1) is 12.7 Å². The summed E-state index contributed by atoms with van der Waals surface area (Å²) in [4.78, 5) is 10.9. The van der Waals surface area contributed by atoms with E-state index in [0.717, 1.165) is 0 Å². The summed E-state index contributed by atoms with van der Waals surface area (Å²) in [5.41, 5.74) is 0. The van der Waals surface area contributed by atoms with Crippen LogP contribution in [0.25, 0.3) is 0 Å². The Labute approximate surface area is 89.0 Å². The third-order valence-electron chi connectivity index (χ3n) is 1.19. The standard InChI is InChI=1S/C7H16N2O5S/c1-5(2)14-7(11)9-15(12,13)8-6(3)4-10/h5-6,8,10H,4H2,1-3H3,(H,9,11). The number of carbonyl (C=O) groups is 1. The van der Waals surface area contributed by atoms with Gasteiger partial charge in [0, 0.05) is 6.04 Å². The van der Waals surface area contributed by atoms with Gasteiger partial charge in [0.1, 0.15) is 0 Å². The second-order valence-corrected chi connectivity index (χ2v) is 4.71. The van der Waals surface area contributed by atoms with Crippen molar-refractivity contribution in [2.45, 2.75) is 32.9 Å². The van der Waals surface area contributed by atoms with Gasteiger partial charge in [-0.05, 0) is 20.8 Å². The van der Waals surface area contributed by atoms with E-state index in [0.29, 0.717) is 0 Å². The first-order valence-electron chi connectivity index (χ1n) is 4.38. The van der Waals surface area contributed by atoms with E-state index >= 15 is 0 Å². The molecule has 0 saturated carbocycles. The number of aliphatic hydroxyl groups excluding tert-OH is 1. The number of ether oxygens (including phenoxy) is 1. The van der Waals surface area contributed by atoms with Crippen molar-refractivity contribution in [1.82, 2.24) is 9.44 Å². The molecule has 1 atom stereocenters. The molecule has 0 aliphatic rings. The zero-order valence-electron chi connectivity index (χ0n) is 8.85. The summed E-state index contributed by atoms with van der Waals surface area (Å²) in [6, 6.07) is -0.672. The van der Waals surface area contributed by atoms with E-state index in [2.05, 4.69) is 4.74 Å².